The first-order chi connectivity index (χ1) is 7.79. The Labute approximate surface area is 104 Å². The van der Waals surface area contributed by atoms with Crippen molar-refractivity contribution in [1.29, 1.82) is 0 Å². The lowest BCUT2D eigenvalue weighted by atomic mass is 10.1. The Morgan fingerprint density at radius 1 is 1.56 bits per heavy atom. The van der Waals surface area contributed by atoms with E-state index in [9.17, 15) is 0 Å². The number of hydrogen-bond donors (Lipinski definition) is 1. The van der Waals surface area contributed by atoms with Crippen LogP contribution in [0.15, 0.2) is 4.52 Å². The maximum Gasteiger partial charge on any atom is 0.226 e. The Morgan fingerprint density at radius 3 is 3.12 bits per heavy atom. The number of nitrogens with zero attached hydrogens (tertiary/aromatic N) is 2. The smallest absolute Gasteiger partial charge is 0.226 e. The second-order valence-corrected chi connectivity index (χ2v) is 6.49. The van der Waals surface area contributed by atoms with Crippen LogP contribution >= 0.6 is 23.5 Å². The number of hydrogen-bond acceptors (Lipinski definition) is 6. The highest BCUT2D eigenvalue weighted by Crippen LogP contribution is 2.35. The van der Waals surface area contributed by atoms with E-state index in [0.717, 1.165) is 23.9 Å². The molecule has 1 aromatic rings. The molecule has 1 aliphatic rings. The van der Waals surface area contributed by atoms with Crippen molar-refractivity contribution in [2.75, 3.05) is 23.8 Å². The van der Waals surface area contributed by atoms with Crippen molar-refractivity contribution < 1.29 is 4.52 Å². The summed E-state index contributed by atoms with van der Waals surface area (Å²) in [4.78, 5) is 4.45. The molecule has 90 valence electrons. The fourth-order valence-electron chi connectivity index (χ4n) is 1.50. The average Bonchev–Trinajstić information content (AvgIpc) is 2.78. The van der Waals surface area contributed by atoms with Crippen LogP contribution in [0.4, 0.5) is 0 Å². The predicted molar refractivity (Wildman–Crippen MR) is 68.7 cm³/mol. The third-order valence-electron chi connectivity index (χ3n) is 2.51. The lowest BCUT2D eigenvalue weighted by Crippen LogP contribution is -2.13. The van der Waals surface area contributed by atoms with Gasteiger partial charge in [0.15, 0.2) is 5.82 Å². The molecule has 2 atom stereocenters. The second-order valence-electron chi connectivity index (χ2n) is 4.03. The van der Waals surface area contributed by atoms with Crippen LogP contribution in [0.3, 0.4) is 0 Å². The monoisotopic (exact) mass is 259 g/mol. The second kappa shape index (κ2) is 5.93. The van der Waals surface area contributed by atoms with E-state index in [1.165, 1.54) is 11.5 Å². The summed E-state index contributed by atoms with van der Waals surface area (Å²) >= 11 is 3.89. The van der Waals surface area contributed by atoms with Gasteiger partial charge in [0, 0.05) is 23.7 Å². The van der Waals surface area contributed by atoms with Crippen LogP contribution in [0.25, 0.3) is 0 Å². The minimum Gasteiger partial charge on any atom is -0.339 e. The summed E-state index contributed by atoms with van der Waals surface area (Å²) in [6.07, 6.45) is 0.786. The SMILES string of the molecule is CC(CN)Cc1nc(C2CSCCS2)no1. The standard InChI is InChI=1S/C10H17N3OS2/c1-7(5-11)4-9-12-10(13-14-9)8-6-15-2-3-16-8/h7-8H,2-6,11H2,1H3. The third-order valence-corrected chi connectivity index (χ3v) is 5.26. The first-order valence-electron chi connectivity index (χ1n) is 5.51. The molecule has 0 saturated carbocycles. The van der Waals surface area contributed by atoms with Gasteiger partial charge in [-0.15, -0.1) is 11.8 Å². The minimum atomic E-state index is 0.404. The Morgan fingerprint density at radius 2 is 2.44 bits per heavy atom. The predicted octanol–water partition coefficient (Wildman–Crippen LogP) is 1.73. The summed E-state index contributed by atoms with van der Waals surface area (Å²) in [5.41, 5.74) is 5.57. The highest BCUT2D eigenvalue weighted by molar-refractivity contribution is 8.06. The molecule has 2 rings (SSSR count). The van der Waals surface area contributed by atoms with Gasteiger partial charge in [-0.3, -0.25) is 0 Å². The van der Waals surface area contributed by atoms with Gasteiger partial charge in [0.25, 0.3) is 0 Å². The summed E-state index contributed by atoms with van der Waals surface area (Å²) < 4.78 is 5.25. The number of rotatable bonds is 4. The van der Waals surface area contributed by atoms with Gasteiger partial charge in [-0.1, -0.05) is 12.1 Å². The molecule has 2 unspecified atom stereocenters. The van der Waals surface area contributed by atoms with Crippen LogP contribution in [0.2, 0.25) is 0 Å². The van der Waals surface area contributed by atoms with E-state index in [1.807, 2.05) is 23.5 Å². The Kier molecular flexibility index (Phi) is 4.55. The van der Waals surface area contributed by atoms with Gasteiger partial charge in [-0.05, 0) is 12.5 Å². The molecule has 0 aromatic carbocycles. The lowest BCUT2D eigenvalue weighted by molar-refractivity contribution is 0.355. The van der Waals surface area contributed by atoms with Crippen molar-refractivity contribution in [3.63, 3.8) is 0 Å². The van der Waals surface area contributed by atoms with Crippen molar-refractivity contribution >= 4 is 23.5 Å². The molecule has 4 nitrogen and oxygen atoms in total. The van der Waals surface area contributed by atoms with Gasteiger partial charge in [-0.25, -0.2) is 0 Å². The topological polar surface area (TPSA) is 64.9 Å². The van der Waals surface area contributed by atoms with Gasteiger partial charge in [-0.2, -0.15) is 16.7 Å². The summed E-state index contributed by atoms with van der Waals surface area (Å²) in [6.45, 7) is 2.75. The van der Waals surface area contributed by atoms with E-state index >= 15 is 0 Å². The third kappa shape index (κ3) is 3.15. The van der Waals surface area contributed by atoms with Crippen molar-refractivity contribution in [3.05, 3.63) is 11.7 Å². The number of thioether (sulfide) groups is 2. The maximum atomic E-state index is 5.57. The molecule has 0 radical (unpaired) electrons. The number of nitrogens with two attached hydrogens (primary N) is 1. The molecule has 0 aliphatic carbocycles. The fraction of sp³-hybridized carbons (Fsp3) is 0.800. The van der Waals surface area contributed by atoms with Gasteiger partial charge in [0.1, 0.15) is 0 Å². The molecule has 0 amide bonds. The molecule has 0 bridgehead atoms. The van der Waals surface area contributed by atoms with Gasteiger partial charge < -0.3 is 10.3 Å². The average molecular weight is 259 g/mol. The van der Waals surface area contributed by atoms with Gasteiger partial charge in [0.2, 0.25) is 5.89 Å². The molecular formula is C10H17N3OS2. The molecular weight excluding hydrogens is 242 g/mol. The lowest BCUT2D eigenvalue weighted by Gasteiger charge is -2.17. The van der Waals surface area contributed by atoms with E-state index in [-0.39, 0.29) is 0 Å². The molecule has 2 N–H and O–H groups in total. The molecule has 1 aromatic heterocycles. The van der Waals surface area contributed by atoms with Crippen LogP contribution in [0, 0.1) is 5.92 Å². The van der Waals surface area contributed by atoms with Crippen LogP contribution in [0.5, 0.6) is 0 Å². The van der Waals surface area contributed by atoms with E-state index < -0.39 is 0 Å². The largest absolute Gasteiger partial charge is 0.339 e. The molecule has 6 heteroatoms. The maximum absolute atomic E-state index is 5.57. The Balaban J connectivity index is 1.95. The normalized spacial score (nSPS) is 23.2. The minimum absolute atomic E-state index is 0.404. The Hall–Kier alpha value is -0.200. The van der Waals surface area contributed by atoms with Gasteiger partial charge >= 0.3 is 0 Å². The molecule has 1 fully saturated rings. The molecule has 16 heavy (non-hydrogen) atoms. The summed E-state index contributed by atoms with van der Waals surface area (Å²) in [5.74, 6) is 5.49. The molecule has 1 saturated heterocycles. The number of aromatic nitrogens is 2. The summed E-state index contributed by atoms with van der Waals surface area (Å²) in [6, 6.07) is 0. The zero-order valence-electron chi connectivity index (χ0n) is 9.39. The van der Waals surface area contributed by atoms with E-state index in [2.05, 4.69) is 17.1 Å². The van der Waals surface area contributed by atoms with E-state index in [4.69, 9.17) is 10.3 Å². The van der Waals surface area contributed by atoms with Crippen molar-refractivity contribution in [3.8, 4) is 0 Å². The van der Waals surface area contributed by atoms with Crippen molar-refractivity contribution in [1.82, 2.24) is 10.1 Å². The first-order valence-corrected chi connectivity index (χ1v) is 7.72. The van der Waals surface area contributed by atoms with Crippen LogP contribution in [-0.2, 0) is 6.42 Å². The molecule has 2 heterocycles. The molecule has 0 spiro atoms. The first kappa shape index (κ1) is 12.3. The Bertz CT molecular complexity index is 326. The van der Waals surface area contributed by atoms with Crippen molar-refractivity contribution in [2.24, 2.45) is 11.7 Å². The van der Waals surface area contributed by atoms with Crippen LogP contribution < -0.4 is 5.73 Å². The van der Waals surface area contributed by atoms with E-state index in [1.54, 1.807) is 0 Å². The van der Waals surface area contributed by atoms with E-state index in [0.29, 0.717) is 17.7 Å². The summed E-state index contributed by atoms with van der Waals surface area (Å²) in [5, 5.41) is 4.47. The highest BCUT2D eigenvalue weighted by atomic mass is 32.2. The highest BCUT2D eigenvalue weighted by Gasteiger charge is 2.22. The van der Waals surface area contributed by atoms with Crippen LogP contribution in [0.1, 0.15) is 23.9 Å². The summed E-state index contributed by atoms with van der Waals surface area (Å²) in [7, 11) is 0. The molecule has 1 aliphatic heterocycles. The fourth-order valence-corrected chi connectivity index (χ4v) is 4.09. The van der Waals surface area contributed by atoms with Gasteiger partial charge in [0.05, 0.1) is 5.25 Å². The van der Waals surface area contributed by atoms with Crippen molar-refractivity contribution in [2.45, 2.75) is 18.6 Å². The zero-order valence-corrected chi connectivity index (χ0v) is 11.0. The van der Waals surface area contributed by atoms with Crippen LogP contribution in [-0.4, -0.2) is 33.9 Å². The zero-order chi connectivity index (χ0) is 11.4. The quantitative estimate of drug-likeness (QED) is 0.888.